The Bertz CT molecular complexity index is 349. The summed E-state index contributed by atoms with van der Waals surface area (Å²) in [4.78, 5) is 26.3. The van der Waals surface area contributed by atoms with E-state index in [9.17, 15) is 14.7 Å². The molecule has 0 aromatic rings. The van der Waals surface area contributed by atoms with Crippen LogP contribution in [0.1, 0.15) is 12.8 Å². The Kier molecular flexibility index (Phi) is 4.60. The van der Waals surface area contributed by atoms with Gasteiger partial charge in [0.2, 0.25) is 0 Å². The van der Waals surface area contributed by atoms with Crippen LogP contribution in [0.2, 0.25) is 0 Å². The van der Waals surface area contributed by atoms with Gasteiger partial charge in [0.05, 0.1) is 25.9 Å². The predicted octanol–water partition coefficient (Wildman–Crippen LogP) is -0.404. The molecule has 0 saturated carbocycles. The zero-order valence-corrected chi connectivity index (χ0v) is 10.8. The minimum atomic E-state index is -0.820. The summed E-state index contributed by atoms with van der Waals surface area (Å²) in [6, 6.07) is -0.407. The van der Waals surface area contributed by atoms with Crippen molar-refractivity contribution in [2.75, 3.05) is 39.5 Å². The molecule has 2 amide bonds. The molecule has 0 bridgehead atoms. The Labute approximate surface area is 111 Å². The molecule has 0 aromatic heterocycles. The Balaban J connectivity index is 1.91. The van der Waals surface area contributed by atoms with Gasteiger partial charge in [0.15, 0.2) is 0 Å². The third-order valence-corrected chi connectivity index (χ3v) is 3.70. The molecule has 2 aliphatic rings. The van der Waals surface area contributed by atoms with Gasteiger partial charge in [-0.1, -0.05) is 0 Å². The molecular weight excluding hydrogens is 252 g/mol. The number of carboxylic acids is 1. The average molecular weight is 272 g/mol. The fraction of sp³-hybridized carbons (Fsp3) is 0.833. The lowest BCUT2D eigenvalue weighted by molar-refractivity contribution is -0.138. The molecule has 108 valence electrons. The lowest BCUT2D eigenvalue weighted by Gasteiger charge is -2.37. The molecule has 2 fully saturated rings. The second-order valence-electron chi connectivity index (χ2n) is 5.09. The van der Waals surface area contributed by atoms with Gasteiger partial charge in [0.25, 0.3) is 0 Å². The van der Waals surface area contributed by atoms with Crippen molar-refractivity contribution in [2.24, 2.45) is 5.92 Å². The summed E-state index contributed by atoms with van der Waals surface area (Å²) < 4.78 is 5.24. The van der Waals surface area contributed by atoms with Gasteiger partial charge in [-0.3, -0.25) is 4.79 Å². The first kappa shape index (κ1) is 14.1. The Morgan fingerprint density at radius 1 is 1.32 bits per heavy atom. The first-order valence-corrected chi connectivity index (χ1v) is 6.57. The van der Waals surface area contributed by atoms with Crippen molar-refractivity contribution in [2.45, 2.75) is 18.9 Å². The van der Waals surface area contributed by atoms with Crippen molar-refractivity contribution in [3.63, 3.8) is 0 Å². The van der Waals surface area contributed by atoms with E-state index in [2.05, 4.69) is 0 Å². The molecule has 7 heteroatoms. The van der Waals surface area contributed by atoms with E-state index in [0.29, 0.717) is 32.8 Å². The number of aliphatic hydroxyl groups excluding tert-OH is 1. The number of rotatable bonds is 3. The summed E-state index contributed by atoms with van der Waals surface area (Å²) >= 11 is 0. The fourth-order valence-corrected chi connectivity index (χ4v) is 2.66. The Hall–Kier alpha value is -1.34. The minimum Gasteiger partial charge on any atom is -0.481 e. The summed E-state index contributed by atoms with van der Waals surface area (Å²) in [6.45, 7) is 2.28. The van der Waals surface area contributed by atoms with Crippen molar-refractivity contribution >= 4 is 12.0 Å². The van der Waals surface area contributed by atoms with Crippen LogP contribution in [0.25, 0.3) is 0 Å². The molecule has 2 heterocycles. The van der Waals surface area contributed by atoms with Gasteiger partial charge in [-0.2, -0.15) is 0 Å². The standard InChI is InChI=1S/C12H20N2O5/c15-7-10-8-19-4-3-14(10)12(18)13-2-1-9(6-13)5-11(16)17/h9-10,15H,1-8H2,(H,16,17). The van der Waals surface area contributed by atoms with Gasteiger partial charge >= 0.3 is 12.0 Å². The molecule has 2 saturated heterocycles. The van der Waals surface area contributed by atoms with Gasteiger partial charge in [-0.25, -0.2) is 4.79 Å². The number of aliphatic carboxylic acids is 1. The van der Waals surface area contributed by atoms with Crippen molar-refractivity contribution < 1.29 is 24.5 Å². The maximum absolute atomic E-state index is 12.3. The van der Waals surface area contributed by atoms with Crippen LogP contribution in [0.15, 0.2) is 0 Å². The summed E-state index contributed by atoms with van der Waals surface area (Å²) in [5.41, 5.74) is 0. The van der Waals surface area contributed by atoms with Crippen LogP contribution >= 0.6 is 0 Å². The van der Waals surface area contributed by atoms with Crippen LogP contribution in [0.4, 0.5) is 4.79 Å². The van der Waals surface area contributed by atoms with Gasteiger partial charge in [-0.05, 0) is 12.3 Å². The lowest BCUT2D eigenvalue weighted by Crippen LogP contribution is -2.54. The largest absolute Gasteiger partial charge is 0.481 e. The Morgan fingerprint density at radius 3 is 2.79 bits per heavy atom. The highest BCUT2D eigenvalue weighted by Crippen LogP contribution is 2.22. The number of ether oxygens (including phenoxy) is 1. The second kappa shape index (κ2) is 6.21. The second-order valence-corrected chi connectivity index (χ2v) is 5.09. The number of carbonyl (C=O) groups excluding carboxylic acids is 1. The van der Waals surface area contributed by atoms with Gasteiger partial charge in [-0.15, -0.1) is 0 Å². The van der Waals surface area contributed by atoms with Gasteiger partial charge in [0.1, 0.15) is 0 Å². The van der Waals surface area contributed by atoms with Gasteiger partial charge in [0, 0.05) is 26.1 Å². The van der Waals surface area contributed by atoms with Crippen molar-refractivity contribution in [1.82, 2.24) is 9.80 Å². The van der Waals surface area contributed by atoms with Crippen LogP contribution in [-0.4, -0.2) is 77.5 Å². The molecule has 2 unspecified atom stereocenters. The number of amides is 2. The van der Waals surface area contributed by atoms with E-state index < -0.39 is 5.97 Å². The number of carboxylic acid groups (broad SMARTS) is 1. The number of nitrogens with zero attached hydrogens (tertiary/aromatic N) is 2. The Morgan fingerprint density at radius 2 is 2.11 bits per heavy atom. The van der Waals surface area contributed by atoms with E-state index in [1.165, 1.54) is 0 Å². The van der Waals surface area contributed by atoms with Crippen LogP contribution in [0.5, 0.6) is 0 Å². The molecule has 0 aromatic carbocycles. The van der Waals surface area contributed by atoms with Crippen LogP contribution in [0, 0.1) is 5.92 Å². The fourth-order valence-electron chi connectivity index (χ4n) is 2.66. The molecule has 2 aliphatic heterocycles. The number of hydrogen-bond donors (Lipinski definition) is 2. The van der Waals surface area contributed by atoms with E-state index >= 15 is 0 Å². The summed E-state index contributed by atoms with van der Waals surface area (Å²) in [7, 11) is 0. The van der Waals surface area contributed by atoms with Crippen LogP contribution in [-0.2, 0) is 9.53 Å². The van der Waals surface area contributed by atoms with Gasteiger partial charge < -0.3 is 24.7 Å². The molecule has 7 nitrogen and oxygen atoms in total. The van der Waals surface area contributed by atoms with E-state index in [1.54, 1.807) is 9.80 Å². The summed E-state index contributed by atoms with van der Waals surface area (Å²) in [6.07, 6.45) is 0.836. The molecule has 2 rings (SSSR count). The lowest BCUT2D eigenvalue weighted by atomic mass is 10.1. The number of aliphatic hydroxyl groups is 1. The number of carbonyl (C=O) groups is 2. The first-order valence-electron chi connectivity index (χ1n) is 6.57. The molecule has 0 spiro atoms. The molecule has 0 aliphatic carbocycles. The number of likely N-dealkylation sites (tertiary alicyclic amines) is 1. The molecule has 19 heavy (non-hydrogen) atoms. The monoisotopic (exact) mass is 272 g/mol. The zero-order chi connectivity index (χ0) is 13.8. The molecule has 2 atom stereocenters. The highest BCUT2D eigenvalue weighted by molar-refractivity contribution is 5.75. The predicted molar refractivity (Wildman–Crippen MR) is 65.7 cm³/mol. The third kappa shape index (κ3) is 3.36. The van der Waals surface area contributed by atoms with E-state index in [-0.39, 0.29) is 31.0 Å². The quantitative estimate of drug-likeness (QED) is 0.729. The first-order chi connectivity index (χ1) is 9.11. The highest BCUT2D eigenvalue weighted by Gasteiger charge is 2.34. The maximum atomic E-state index is 12.3. The van der Waals surface area contributed by atoms with Crippen molar-refractivity contribution in [3.05, 3.63) is 0 Å². The van der Waals surface area contributed by atoms with Crippen LogP contribution in [0.3, 0.4) is 0 Å². The number of urea groups is 1. The smallest absolute Gasteiger partial charge is 0.320 e. The minimum absolute atomic E-state index is 0.0371. The van der Waals surface area contributed by atoms with E-state index in [4.69, 9.17) is 9.84 Å². The zero-order valence-electron chi connectivity index (χ0n) is 10.8. The number of morpholine rings is 1. The molecule has 0 radical (unpaired) electrons. The number of hydrogen-bond acceptors (Lipinski definition) is 4. The topological polar surface area (TPSA) is 90.3 Å². The van der Waals surface area contributed by atoms with Crippen molar-refractivity contribution in [3.8, 4) is 0 Å². The average Bonchev–Trinajstić information content (AvgIpc) is 2.85. The summed E-state index contributed by atoms with van der Waals surface area (Å²) in [5, 5.41) is 18.0. The third-order valence-electron chi connectivity index (χ3n) is 3.70. The normalized spacial score (nSPS) is 27.6. The maximum Gasteiger partial charge on any atom is 0.320 e. The van der Waals surface area contributed by atoms with Crippen molar-refractivity contribution in [1.29, 1.82) is 0 Å². The highest BCUT2D eigenvalue weighted by atomic mass is 16.5. The van der Waals surface area contributed by atoms with Crippen LogP contribution < -0.4 is 0 Å². The van der Waals surface area contributed by atoms with E-state index in [1.807, 2.05) is 0 Å². The van der Waals surface area contributed by atoms with E-state index in [0.717, 1.165) is 6.42 Å². The molecular formula is C12H20N2O5. The molecule has 2 N–H and O–H groups in total. The SMILES string of the molecule is O=C(O)CC1CCN(C(=O)N2CCOCC2CO)C1. The summed E-state index contributed by atoms with van der Waals surface area (Å²) in [5.74, 6) is -0.783.